The standard InChI is InChI=1S/C6H10O2.C3H5NO/c1-3-5-8-6(7)4-2;1-2-3(4)5/h4H,2-3,5H2,1H3;2H,1H2,(H2,4,5). The first-order chi connectivity index (χ1) is 6.08. The van der Waals surface area contributed by atoms with Gasteiger partial charge in [-0.1, -0.05) is 20.1 Å². The third-order valence-corrected chi connectivity index (χ3v) is 0.816. The molecule has 0 atom stereocenters. The van der Waals surface area contributed by atoms with E-state index in [1.54, 1.807) is 0 Å². The molecule has 0 bridgehead atoms. The Kier molecular flexibility index (Phi) is 11.2. The minimum Gasteiger partial charge on any atom is -0.463 e. The summed E-state index contributed by atoms with van der Waals surface area (Å²) in [5, 5.41) is 0. The van der Waals surface area contributed by atoms with Gasteiger partial charge < -0.3 is 10.5 Å². The Bertz CT molecular complexity index is 187. The molecule has 0 rings (SSSR count). The molecular formula is C9H15NO3. The minimum atomic E-state index is -0.481. The molecule has 0 aromatic rings. The van der Waals surface area contributed by atoms with Crippen molar-refractivity contribution in [3.05, 3.63) is 25.3 Å². The number of hydrogen-bond donors (Lipinski definition) is 1. The predicted molar refractivity (Wildman–Crippen MR) is 50.8 cm³/mol. The molecule has 0 fully saturated rings. The summed E-state index contributed by atoms with van der Waals surface area (Å²) in [5.41, 5.74) is 4.53. The Balaban J connectivity index is 0. The summed E-state index contributed by atoms with van der Waals surface area (Å²) in [7, 11) is 0. The molecule has 0 aliphatic rings. The van der Waals surface area contributed by atoms with Crippen molar-refractivity contribution in [2.75, 3.05) is 6.61 Å². The van der Waals surface area contributed by atoms with Crippen LogP contribution < -0.4 is 5.73 Å². The van der Waals surface area contributed by atoms with Crippen molar-refractivity contribution in [2.24, 2.45) is 5.73 Å². The Morgan fingerprint density at radius 2 is 1.85 bits per heavy atom. The number of carbonyl (C=O) groups excluding carboxylic acids is 2. The summed E-state index contributed by atoms with van der Waals surface area (Å²) in [6.45, 7) is 8.76. The van der Waals surface area contributed by atoms with Gasteiger partial charge in [-0.05, 0) is 12.5 Å². The fourth-order valence-corrected chi connectivity index (χ4v) is 0.262. The highest BCUT2D eigenvalue weighted by Gasteiger charge is 1.89. The van der Waals surface area contributed by atoms with E-state index in [4.69, 9.17) is 0 Å². The fraction of sp³-hybridized carbons (Fsp3) is 0.333. The van der Waals surface area contributed by atoms with Crippen LogP contribution in [0.2, 0.25) is 0 Å². The zero-order valence-corrected chi connectivity index (χ0v) is 7.79. The van der Waals surface area contributed by atoms with Crippen molar-refractivity contribution in [2.45, 2.75) is 13.3 Å². The Morgan fingerprint density at radius 3 is 2.08 bits per heavy atom. The van der Waals surface area contributed by atoms with Gasteiger partial charge in [-0.2, -0.15) is 0 Å². The molecule has 0 unspecified atom stereocenters. The van der Waals surface area contributed by atoms with E-state index in [0.717, 1.165) is 18.6 Å². The lowest BCUT2D eigenvalue weighted by atomic mass is 10.5. The van der Waals surface area contributed by atoms with Gasteiger partial charge in [0.25, 0.3) is 0 Å². The van der Waals surface area contributed by atoms with Crippen molar-refractivity contribution < 1.29 is 14.3 Å². The molecule has 0 spiro atoms. The van der Waals surface area contributed by atoms with E-state index in [-0.39, 0.29) is 5.97 Å². The molecule has 0 aromatic carbocycles. The molecule has 0 saturated carbocycles. The van der Waals surface area contributed by atoms with Gasteiger partial charge in [0, 0.05) is 6.08 Å². The maximum atomic E-state index is 10.2. The zero-order valence-electron chi connectivity index (χ0n) is 7.79. The average Bonchev–Trinajstić information content (AvgIpc) is 2.15. The molecule has 0 aliphatic carbocycles. The van der Waals surface area contributed by atoms with Gasteiger partial charge in [0.2, 0.25) is 5.91 Å². The maximum Gasteiger partial charge on any atom is 0.330 e. The first kappa shape index (κ1) is 14.0. The van der Waals surface area contributed by atoms with Gasteiger partial charge >= 0.3 is 5.97 Å². The normalized spacial score (nSPS) is 7.46. The fourth-order valence-electron chi connectivity index (χ4n) is 0.262. The summed E-state index contributed by atoms with van der Waals surface area (Å²) in [6, 6.07) is 0. The van der Waals surface area contributed by atoms with Gasteiger partial charge in [-0.25, -0.2) is 4.79 Å². The minimum absolute atomic E-state index is 0.341. The molecule has 0 aliphatic heterocycles. The summed E-state index contributed by atoms with van der Waals surface area (Å²) in [5.74, 6) is -0.822. The van der Waals surface area contributed by atoms with Crippen molar-refractivity contribution >= 4 is 11.9 Å². The molecule has 4 heteroatoms. The van der Waals surface area contributed by atoms with E-state index in [1.165, 1.54) is 0 Å². The first-order valence-corrected chi connectivity index (χ1v) is 3.79. The van der Waals surface area contributed by atoms with E-state index >= 15 is 0 Å². The van der Waals surface area contributed by atoms with Crippen LogP contribution >= 0.6 is 0 Å². The lowest BCUT2D eigenvalue weighted by Gasteiger charge is -1.94. The van der Waals surface area contributed by atoms with Crippen LogP contribution in [0.4, 0.5) is 0 Å². The monoisotopic (exact) mass is 185 g/mol. The largest absolute Gasteiger partial charge is 0.463 e. The molecule has 1 amide bonds. The van der Waals surface area contributed by atoms with E-state index < -0.39 is 5.91 Å². The van der Waals surface area contributed by atoms with Crippen LogP contribution in [0.15, 0.2) is 25.3 Å². The molecule has 74 valence electrons. The van der Waals surface area contributed by atoms with E-state index in [0.29, 0.717) is 6.61 Å². The second-order valence-corrected chi connectivity index (χ2v) is 1.98. The smallest absolute Gasteiger partial charge is 0.330 e. The van der Waals surface area contributed by atoms with Crippen LogP contribution in [0.25, 0.3) is 0 Å². The summed E-state index contributed by atoms with van der Waals surface area (Å²) in [6.07, 6.45) is 3.08. The Labute approximate surface area is 78.1 Å². The van der Waals surface area contributed by atoms with Crippen LogP contribution in [0.3, 0.4) is 0 Å². The van der Waals surface area contributed by atoms with Crippen LogP contribution in [-0.2, 0) is 14.3 Å². The number of primary amides is 1. The molecule has 0 radical (unpaired) electrons. The van der Waals surface area contributed by atoms with Crippen LogP contribution in [0.1, 0.15) is 13.3 Å². The SMILES string of the molecule is C=CC(=O)OCCC.C=CC(N)=O. The molecule has 0 aromatic heterocycles. The number of hydrogen-bond acceptors (Lipinski definition) is 3. The Hall–Kier alpha value is -1.58. The molecule has 0 saturated heterocycles. The highest BCUT2D eigenvalue weighted by atomic mass is 16.5. The quantitative estimate of drug-likeness (QED) is 0.520. The molecule has 13 heavy (non-hydrogen) atoms. The number of nitrogens with two attached hydrogens (primary N) is 1. The highest BCUT2D eigenvalue weighted by Crippen LogP contribution is 1.81. The van der Waals surface area contributed by atoms with Gasteiger partial charge in [-0.3, -0.25) is 4.79 Å². The average molecular weight is 185 g/mol. The second kappa shape index (κ2) is 10.4. The molecular weight excluding hydrogens is 170 g/mol. The summed E-state index contributed by atoms with van der Waals surface area (Å²) in [4.78, 5) is 19.7. The van der Waals surface area contributed by atoms with Crippen LogP contribution in [0, 0.1) is 0 Å². The topological polar surface area (TPSA) is 69.4 Å². The van der Waals surface area contributed by atoms with Crippen molar-refractivity contribution in [3.8, 4) is 0 Å². The van der Waals surface area contributed by atoms with Crippen molar-refractivity contribution in [1.29, 1.82) is 0 Å². The predicted octanol–water partition coefficient (Wildman–Crippen LogP) is 0.783. The lowest BCUT2D eigenvalue weighted by molar-refractivity contribution is -0.137. The van der Waals surface area contributed by atoms with Crippen LogP contribution in [-0.4, -0.2) is 18.5 Å². The van der Waals surface area contributed by atoms with Crippen LogP contribution in [0.5, 0.6) is 0 Å². The lowest BCUT2D eigenvalue weighted by Crippen LogP contribution is -2.04. The number of rotatable bonds is 4. The van der Waals surface area contributed by atoms with Gasteiger partial charge in [0.05, 0.1) is 6.61 Å². The van der Waals surface area contributed by atoms with Crippen molar-refractivity contribution in [3.63, 3.8) is 0 Å². The highest BCUT2D eigenvalue weighted by molar-refractivity contribution is 5.85. The van der Waals surface area contributed by atoms with Gasteiger partial charge in [0.1, 0.15) is 0 Å². The molecule has 2 N–H and O–H groups in total. The Morgan fingerprint density at radius 1 is 1.38 bits per heavy atom. The maximum absolute atomic E-state index is 10.2. The third-order valence-electron chi connectivity index (χ3n) is 0.816. The number of esters is 1. The molecule has 4 nitrogen and oxygen atoms in total. The number of amides is 1. The van der Waals surface area contributed by atoms with E-state index in [9.17, 15) is 9.59 Å². The van der Waals surface area contributed by atoms with Gasteiger partial charge in [-0.15, -0.1) is 0 Å². The van der Waals surface area contributed by atoms with E-state index in [1.807, 2.05) is 6.92 Å². The summed E-state index contributed by atoms with van der Waals surface area (Å²) < 4.78 is 4.58. The first-order valence-electron chi connectivity index (χ1n) is 3.79. The van der Waals surface area contributed by atoms with E-state index in [2.05, 4.69) is 23.6 Å². The summed E-state index contributed by atoms with van der Waals surface area (Å²) >= 11 is 0. The number of carbonyl (C=O) groups is 2. The van der Waals surface area contributed by atoms with Gasteiger partial charge in [0.15, 0.2) is 0 Å². The zero-order chi connectivity index (χ0) is 10.7. The third kappa shape index (κ3) is 17.9. The second-order valence-electron chi connectivity index (χ2n) is 1.98. The molecule has 0 heterocycles. The van der Waals surface area contributed by atoms with Crippen molar-refractivity contribution in [1.82, 2.24) is 0 Å². The number of ether oxygens (including phenoxy) is 1.